The van der Waals surface area contributed by atoms with Crippen molar-refractivity contribution in [3.05, 3.63) is 59.8 Å². The van der Waals surface area contributed by atoms with E-state index in [0.29, 0.717) is 0 Å². The van der Waals surface area contributed by atoms with Gasteiger partial charge in [-0.1, -0.05) is 6.08 Å². The molecule has 52 valence electrons. The lowest BCUT2D eigenvalue weighted by atomic mass is 9.99. The number of rotatable bonds is 0. The second-order valence-corrected chi connectivity index (χ2v) is 2.79. The Bertz CT molecular complexity index is 322. The van der Waals surface area contributed by atoms with E-state index in [0.717, 1.165) is 23.1 Å². The van der Waals surface area contributed by atoms with Crippen LogP contribution in [0.5, 0.6) is 0 Å². The molecule has 0 saturated carbocycles. The predicted molar refractivity (Wildman–Crippen MR) is 46.9 cm³/mol. The van der Waals surface area contributed by atoms with Gasteiger partial charge in [0.15, 0.2) is 5.57 Å². The van der Waals surface area contributed by atoms with E-state index in [1.807, 2.05) is 6.08 Å². The second kappa shape index (κ2) is 2.05. The maximum atomic E-state index is 5.80. The number of hydrogen-bond donors (Lipinski definition) is 0. The zero-order chi connectivity index (χ0) is 7.84. The largest absolute Gasteiger partial charge is 0.195 e. The molecule has 0 aromatic carbocycles. The molecule has 0 spiro atoms. The van der Waals surface area contributed by atoms with Crippen molar-refractivity contribution in [1.82, 2.24) is 0 Å². The third kappa shape index (κ3) is 0.806. The SMILES string of the molecule is [CH+]=C1C(=C)C=C2C=CCC=C12. The molecule has 2 aliphatic rings. The van der Waals surface area contributed by atoms with Gasteiger partial charge in [-0.25, -0.2) is 0 Å². The van der Waals surface area contributed by atoms with Gasteiger partial charge in [-0.2, -0.15) is 0 Å². The topological polar surface area (TPSA) is 0 Å². The van der Waals surface area contributed by atoms with Gasteiger partial charge >= 0.3 is 0 Å². The molecule has 0 aliphatic heterocycles. The smallest absolute Gasteiger partial charge is 0.0777 e. The minimum Gasteiger partial charge on any atom is -0.0777 e. The van der Waals surface area contributed by atoms with E-state index in [1.54, 1.807) is 0 Å². The van der Waals surface area contributed by atoms with Gasteiger partial charge in [-0.15, -0.1) is 0 Å². The lowest BCUT2D eigenvalue weighted by Crippen LogP contribution is -1.87. The molecular weight excluding hydrogens is 132 g/mol. The summed E-state index contributed by atoms with van der Waals surface area (Å²) in [6.45, 7) is 9.64. The first-order valence-electron chi connectivity index (χ1n) is 3.70. The van der Waals surface area contributed by atoms with Gasteiger partial charge in [0.2, 0.25) is 0 Å². The maximum Gasteiger partial charge on any atom is 0.195 e. The Morgan fingerprint density at radius 1 is 1.45 bits per heavy atom. The summed E-state index contributed by atoms with van der Waals surface area (Å²) in [4.78, 5) is 0. The normalized spacial score (nSPS) is 21.4. The fraction of sp³-hybridized carbons (Fsp3) is 0.0909. The van der Waals surface area contributed by atoms with Crippen molar-refractivity contribution >= 4 is 0 Å². The maximum absolute atomic E-state index is 5.80. The third-order valence-corrected chi connectivity index (χ3v) is 2.03. The summed E-state index contributed by atoms with van der Waals surface area (Å²) in [6, 6.07) is 0. The van der Waals surface area contributed by atoms with Crippen molar-refractivity contribution in [3.8, 4) is 0 Å². The molecular formula is C11H9+. The monoisotopic (exact) mass is 141 g/mol. The highest BCUT2D eigenvalue weighted by molar-refractivity contribution is 5.68. The summed E-state index contributed by atoms with van der Waals surface area (Å²) in [5.74, 6) is 0. The Balaban J connectivity index is 2.53. The van der Waals surface area contributed by atoms with Crippen molar-refractivity contribution in [2.24, 2.45) is 0 Å². The Morgan fingerprint density at radius 3 is 3.00 bits per heavy atom. The molecule has 2 rings (SSSR count). The van der Waals surface area contributed by atoms with Crippen molar-refractivity contribution in [1.29, 1.82) is 0 Å². The Labute approximate surface area is 66.9 Å². The van der Waals surface area contributed by atoms with Crippen LogP contribution in [0.4, 0.5) is 0 Å². The summed E-state index contributed by atoms with van der Waals surface area (Å²) in [6.07, 6.45) is 9.37. The van der Waals surface area contributed by atoms with Crippen molar-refractivity contribution in [2.45, 2.75) is 6.42 Å². The van der Waals surface area contributed by atoms with E-state index < -0.39 is 0 Å². The van der Waals surface area contributed by atoms with Crippen LogP contribution < -0.4 is 0 Å². The van der Waals surface area contributed by atoms with Gasteiger partial charge in [-0.3, -0.25) is 0 Å². The molecule has 0 bridgehead atoms. The van der Waals surface area contributed by atoms with E-state index in [1.165, 1.54) is 5.57 Å². The van der Waals surface area contributed by atoms with E-state index in [9.17, 15) is 0 Å². The van der Waals surface area contributed by atoms with Gasteiger partial charge in [0.25, 0.3) is 0 Å². The predicted octanol–water partition coefficient (Wildman–Crippen LogP) is 2.73. The summed E-state index contributed by atoms with van der Waals surface area (Å²) in [5.41, 5.74) is 4.15. The van der Waals surface area contributed by atoms with Crippen LogP contribution in [0, 0.1) is 6.58 Å². The molecule has 0 nitrogen and oxygen atoms in total. The van der Waals surface area contributed by atoms with Crippen molar-refractivity contribution < 1.29 is 0 Å². The Morgan fingerprint density at radius 2 is 2.27 bits per heavy atom. The van der Waals surface area contributed by atoms with Crippen LogP contribution in [0.15, 0.2) is 53.2 Å². The molecule has 0 aromatic heterocycles. The van der Waals surface area contributed by atoms with Gasteiger partial charge in [-0.05, 0) is 25.2 Å². The molecule has 0 fully saturated rings. The highest BCUT2D eigenvalue weighted by Crippen LogP contribution is 2.35. The molecule has 0 amide bonds. The molecule has 0 atom stereocenters. The van der Waals surface area contributed by atoms with E-state index in [2.05, 4.69) is 24.8 Å². The van der Waals surface area contributed by atoms with E-state index >= 15 is 0 Å². The van der Waals surface area contributed by atoms with Gasteiger partial charge in [0.05, 0.1) is 16.7 Å². The average Bonchev–Trinajstić information content (AvgIpc) is 2.30. The molecule has 0 aromatic rings. The summed E-state index contributed by atoms with van der Waals surface area (Å²) < 4.78 is 0. The molecule has 2 aliphatic carbocycles. The van der Waals surface area contributed by atoms with Crippen LogP contribution in [0.25, 0.3) is 0 Å². The fourth-order valence-corrected chi connectivity index (χ4v) is 1.42. The van der Waals surface area contributed by atoms with Crippen LogP contribution in [0.1, 0.15) is 6.42 Å². The second-order valence-electron chi connectivity index (χ2n) is 2.79. The molecule has 0 heterocycles. The highest BCUT2D eigenvalue weighted by Gasteiger charge is 2.27. The summed E-state index contributed by atoms with van der Waals surface area (Å²) >= 11 is 0. The molecule has 0 N–H and O–H groups in total. The number of allylic oxidation sites excluding steroid dienone is 8. The summed E-state index contributed by atoms with van der Waals surface area (Å²) in [5, 5.41) is 0. The third-order valence-electron chi connectivity index (χ3n) is 2.03. The first kappa shape index (κ1) is 6.33. The fourth-order valence-electron chi connectivity index (χ4n) is 1.42. The number of fused-ring (bicyclic) bond motifs is 1. The van der Waals surface area contributed by atoms with Crippen molar-refractivity contribution in [3.63, 3.8) is 0 Å². The van der Waals surface area contributed by atoms with Gasteiger partial charge in [0.1, 0.15) is 0 Å². The Hall–Kier alpha value is -1.39. The molecule has 0 unspecified atom stereocenters. The van der Waals surface area contributed by atoms with Crippen LogP contribution in [0.3, 0.4) is 0 Å². The minimum absolute atomic E-state index is 0.837. The first-order chi connectivity index (χ1) is 5.29. The van der Waals surface area contributed by atoms with Crippen molar-refractivity contribution in [2.75, 3.05) is 0 Å². The summed E-state index contributed by atoms with van der Waals surface area (Å²) in [7, 11) is 0. The zero-order valence-electron chi connectivity index (χ0n) is 6.30. The standard InChI is InChI=1S/C11H9/c1-8-7-10-5-3-4-6-11(10)9(8)2/h2-3,5-7H,1,4H2/q+1. The zero-order valence-corrected chi connectivity index (χ0v) is 6.30. The lowest BCUT2D eigenvalue weighted by molar-refractivity contribution is 1.29. The Kier molecular flexibility index (Phi) is 1.18. The van der Waals surface area contributed by atoms with Gasteiger partial charge in [0, 0.05) is 12.7 Å². The highest BCUT2D eigenvalue weighted by atomic mass is 14.2. The van der Waals surface area contributed by atoms with Crippen LogP contribution >= 0.6 is 0 Å². The molecule has 11 heavy (non-hydrogen) atoms. The van der Waals surface area contributed by atoms with Crippen LogP contribution in [-0.4, -0.2) is 0 Å². The number of hydrogen-bond acceptors (Lipinski definition) is 0. The van der Waals surface area contributed by atoms with Gasteiger partial charge < -0.3 is 0 Å². The quantitative estimate of drug-likeness (QED) is 0.455. The average molecular weight is 141 g/mol. The molecule has 0 heteroatoms. The first-order valence-corrected chi connectivity index (χ1v) is 3.70. The lowest BCUT2D eigenvalue weighted by Gasteiger charge is -1.97. The molecule has 0 radical (unpaired) electrons. The van der Waals surface area contributed by atoms with Crippen LogP contribution in [0.2, 0.25) is 0 Å². The van der Waals surface area contributed by atoms with Crippen LogP contribution in [-0.2, 0) is 0 Å². The van der Waals surface area contributed by atoms with E-state index in [-0.39, 0.29) is 0 Å². The minimum atomic E-state index is 0.837. The molecule has 0 saturated heterocycles. The van der Waals surface area contributed by atoms with E-state index in [4.69, 9.17) is 6.58 Å².